The first-order chi connectivity index (χ1) is 18.0. The molecule has 0 aliphatic carbocycles. The molecule has 0 heterocycles. The van der Waals surface area contributed by atoms with E-state index < -0.39 is 23.8 Å². The predicted octanol–water partition coefficient (Wildman–Crippen LogP) is 1.98. The Labute approximate surface area is 226 Å². The number of hydrogen-bond acceptors (Lipinski definition) is 7. The fraction of sp³-hybridized carbons (Fsp3) is 0.607. The number of Topliss-reactive ketones (excluding diaryl/α,β-unsaturated/α-hetero) is 1. The van der Waals surface area contributed by atoms with Gasteiger partial charge in [-0.3, -0.25) is 28.9 Å². The Morgan fingerprint density at radius 1 is 1.03 bits per heavy atom. The van der Waals surface area contributed by atoms with Gasteiger partial charge < -0.3 is 21.1 Å². The normalized spacial score (nSPS) is 13.3. The van der Waals surface area contributed by atoms with E-state index in [4.69, 9.17) is 10.5 Å². The van der Waals surface area contributed by atoms with E-state index in [0.29, 0.717) is 18.6 Å². The average Bonchev–Trinajstić information content (AvgIpc) is 2.85. The minimum absolute atomic E-state index is 0.0836. The number of nitrogens with zero attached hydrogens (tertiary/aromatic N) is 1. The van der Waals surface area contributed by atoms with Crippen molar-refractivity contribution < 1.29 is 28.7 Å². The van der Waals surface area contributed by atoms with Crippen molar-refractivity contribution in [2.75, 3.05) is 27.2 Å². The Kier molecular flexibility index (Phi) is 14.9. The van der Waals surface area contributed by atoms with Crippen molar-refractivity contribution in [2.24, 2.45) is 17.6 Å². The molecule has 4 N–H and O–H groups in total. The van der Waals surface area contributed by atoms with Crippen LogP contribution in [0.15, 0.2) is 24.3 Å². The molecule has 1 aromatic rings. The van der Waals surface area contributed by atoms with Crippen molar-refractivity contribution in [1.82, 2.24) is 15.5 Å². The number of hydrogen-bond donors (Lipinski definition) is 3. The third-order valence-electron chi connectivity index (χ3n) is 6.30. The summed E-state index contributed by atoms with van der Waals surface area (Å²) < 4.78 is 5.31. The first kappa shape index (κ1) is 32.8. The second-order valence-corrected chi connectivity index (χ2v) is 9.98. The number of rotatable bonds is 18. The molecule has 0 aliphatic rings. The molecule has 1 rings (SSSR count). The van der Waals surface area contributed by atoms with Gasteiger partial charge in [0.25, 0.3) is 0 Å². The van der Waals surface area contributed by atoms with E-state index in [-0.39, 0.29) is 49.5 Å². The van der Waals surface area contributed by atoms with Crippen molar-refractivity contribution in [3.8, 4) is 5.75 Å². The number of carbonyl (C=O) groups is 5. The van der Waals surface area contributed by atoms with Gasteiger partial charge in [-0.05, 0) is 50.6 Å². The zero-order valence-electron chi connectivity index (χ0n) is 23.4. The molecule has 0 bridgehead atoms. The second-order valence-electron chi connectivity index (χ2n) is 9.98. The maximum Gasteiger partial charge on any atom is 0.325 e. The van der Waals surface area contributed by atoms with Gasteiger partial charge in [0.1, 0.15) is 5.75 Å². The summed E-state index contributed by atoms with van der Waals surface area (Å²) in [6.45, 7) is 5.68. The minimum atomic E-state index is -0.832. The van der Waals surface area contributed by atoms with E-state index in [9.17, 15) is 24.0 Å². The van der Waals surface area contributed by atoms with E-state index in [1.165, 1.54) is 0 Å². The lowest BCUT2D eigenvalue weighted by Crippen LogP contribution is -2.45. The van der Waals surface area contributed by atoms with Gasteiger partial charge in [0.2, 0.25) is 17.7 Å². The third-order valence-corrected chi connectivity index (χ3v) is 6.30. The maximum atomic E-state index is 13.4. The molecule has 0 spiro atoms. The van der Waals surface area contributed by atoms with Crippen LogP contribution in [0.1, 0.15) is 64.9 Å². The van der Waals surface area contributed by atoms with Crippen LogP contribution in [0.25, 0.3) is 0 Å². The number of ether oxygens (including phenoxy) is 1. The molecule has 10 nitrogen and oxygen atoms in total. The smallest absolute Gasteiger partial charge is 0.325 e. The molecule has 1 aromatic carbocycles. The quantitative estimate of drug-likeness (QED) is 0.149. The number of ketones is 1. The molecular formula is C28H44N4O6. The van der Waals surface area contributed by atoms with Crippen LogP contribution in [0.5, 0.6) is 5.75 Å². The Balaban J connectivity index is 3.04. The molecule has 38 heavy (non-hydrogen) atoms. The first-order valence-corrected chi connectivity index (χ1v) is 13.3. The summed E-state index contributed by atoms with van der Waals surface area (Å²) >= 11 is 0. The maximum absolute atomic E-state index is 13.4. The fourth-order valence-corrected chi connectivity index (χ4v) is 3.90. The summed E-state index contributed by atoms with van der Waals surface area (Å²) in [6, 6.07) is 5.95. The van der Waals surface area contributed by atoms with Gasteiger partial charge in [-0.15, -0.1) is 0 Å². The van der Waals surface area contributed by atoms with Crippen LogP contribution in [-0.2, 0) is 30.4 Å². The van der Waals surface area contributed by atoms with E-state index in [1.54, 1.807) is 43.3 Å². The van der Waals surface area contributed by atoms with Gasteiger partial charge in [0, 0.05) is 18.8 Å². The standard InChI is InChI=1S/C28H44N4O6/c1-6-8-9-10-26(35)31-23(15-20-11-13-21(14-12-20)38-27(36)18-32(4)5)24(33)16-22(19(3)7-2)28(37)30-17-25(29)34/h11-14,19,22-23H,6-10,15-18H2,1-5H3,(H2,29,34)(H,30,37)(H,31,35). The number of likely N-dealkylation sites (N-methyl/N-ethyl adjacent to an activating group) is 1. The van der Waals surface area contributed by atoms with Crippen molar-refractivity contribution in [2.45, 2.75) is 71.8 Å². The zero-order valence-corrected chi connectivity index (χ0v) is 23.4. The van der Waals surface area contributed by atoms with Crippen LogP contribution in [0.3, 0.4) is 0 Å². The van der Waals surface area contributed by atoms with Crippen molar-refractivity contribution >= 4 is 29.5 Å². The lowest BCUT2D eigenvalue weighted by molar-refractivity contribution is -0.135. The molecule has 10 heteroatoms. The number of amides is 3. The highest BCUT2D eigenvalue weighted by Crippen LogP contribution is 2.22. The van der Waals surface area contributed by atoms with Crippen LogP contribution in [0.2, 0.25) is 0 Å². The molecule has 0 aliphatic heterocycles. The van der Waals surface area contributed by atoms with Crippen LogP contribution < -0.4 is 21.1 Å². The van der Waals surface area contributed by atoms with Gasteiger partial charge in [0.05, 0.1) is 19.1 Å². The third kappa shape index (κ3) is 12.8. The number of esters is 1. The van der Waals surface area contributed by atoms with Gasteiger partial charge in [-0.1, -0.05) is 52.2 Å². The molecular weight excluding hydrogens is 488 g/mol. The highest BCUT2D eigenvalue weighted by atomic mass is 16.5. The van der Waals surface area contributed by atoms with Crippen molar-refractivity contribution in [1.29, 1.82) is 0 Å². The Bertz CT molecular complexity index is 932. The molecule has 3 unspecified atom stereocenters. The number of benzene rings is 1. The number of carbonyl (C=O) groups excluding carboxylic acids is 5. The van der Waals surface area contributed by atoms with Crippen molar-refractivity contribution in [3.63, 3.8) is 0 Å². The molecule has 0 aromatic heterocycles. The van der Waals surface area contributed by atoms with E-state index in [2.05, 4.69) is 10.6 Å². The average molecular weight is 533 g/mol. The van der Waals surface area contributed by atoms with Crippen LogP contribution >= 0.6 is 0 Å². The highest BCUT2D eigenvalue weighted by Gasteiger charge is 2.31. The summed E-state index contributed by atoms with van der Waals surface area (Å²) in [7, 11) is 3.54. The molecule has 0 fully saturated rings. The predicted molar refractivity (Wildman–Crippen MR) is 145 cm³/mol. The number of primary amides is 1. The van der Waals surface area contributed by atoms with Gasteiger partial charge in [-0.2, -0.15) is 0 Å². The van der Waals surface area contributed by atoms with Crippen LogP contribution in [0.4, 0.5) is 0 Å². The fourth-order valence-electron chi connectivity index (χ4n) is 3.90. The minimum Gasteiger partial charge on any atom is -0.426 e. The second kappa shape index (κ2) is 17.3. The summed E-state index contributed by atoms with van der Waals surface area (Å²) in [5.74, 6) is -2.35. The van der Waals surface area contributed by atoms with E-state index in [0.717, 1.165) is 24.8 Å². The first-order valence-electron chi connectivity index (χ1n) is 13.3. The summed E-state index contributed by atoms with van der Waals surface area (Å²) in [4.78, 5) is 63.5. The van der Waals surface area contributed by atoms with Gasteiger partial charge in [0.15, 0.2) is 5.78 Å². The lowest BCUT2D eigenvalue weighted by atomic mass is 9.84. The summed E-state index contributed by atoms with van der Waals surface area (Å²) in [5.41, 5.74) is 5.92. The topological polar surface area (TPSA) is 148 Å². The Morgan fingerprint density at radius 3 is 2.24 bits per heavy atom. The largest absolute Gasteiger partial charge is 0.426 e. The summed E-state index contributed by atoms with van der Waals surface area (Å²) in [6.07, 6.45) is 3.71. The highest BCUT2D eigenvalue weighted by molar-refractivity contribution is 5.93. The monoisotopic (exact) mass is 532 g/mol. The number of nitrogens with two attached hydrogens (primary N) is 1. The molecule has 212 valence electrons. The lowest BCUT2D eigenvalue weighted by Gasteiger charge is -2.25. The van der Waals surface area contributed by atoms with Crippen molar-refractivity contribution in [3.05, 3.63) is 29.8 Å². The number of nitrogens with one attached hydrogen (secondary N) is 2. The molecule has 0 radical (unpaired) electrons. The number of unbranched alkanes of at least 4 members (excludes halogenated alkanes) is 2. The van der Waals surface area contributed by atoms with Gasteiger partial charge >= 0.3 is 5.97 Å². The van der Waals surface area contributed by atoms with Crippen LogP contribution in [-0.4, -0.2) is 67.6 Å². The van der Waals surface area contributed by atoms with E-state index in [1.807, 2.05) is 20.8 Å². The van der Waals surface area contributed by atoms with E-state index >= 15 is 0 Å². The summed E-state index contributed by atoms with van der Waals surface area (Å²) in [5, 5.41) is 5.36. The van der Waals surface area contributed by atoms with Crippen LogP contribution in [0, 0.1) is 11.8 Å². The molecule has 0 saturated carbocycles. The SMILES string of the molecule is CCCCCC(=O)NC(Cc1ccc(OC(=O)CN(C)C)cc1)C(=O)CC(C(=O)NCC(N)=O)C(C)CC. The Hall–Kier alpha value is -3.27. The Morgan fingerprint density at radius 2 is 1.68 bits per heavy atom. The zero-order chi connectivity index (χ0) is 28.7. The molecule has 3 atom stereocenters. The van der Waals surface area contributed by atoms with Gasteiger partial charge in [-0.25, -0.2) is 0 Å². The molecule has 0 saturated heterocycles. The molecule has 3 amide bonds.